The highest BCUT2D eigenvalue weighted by atomic mass is 16.7. The molecular formula is C37H51N3O5. The predicted octanol–water partition coefficient (Wildman–Crippen LogP) is 7.27. The molecule has 0 bridgehead atoms. The molecule has 0 aromatic heterocycles. The zero-order valence-corrected chi connectivity index (χ0v) is 27.2. The fraction of sp³-hybridized carbons (Fsp3) is 0.486. The number of carbonyl (C=O) groups excluding carboxylic acids is 1. The Kier molecular flexibility index (Phi) is 13.3. The number of ether oxygens (including phenoxy) is 3. The first-order valence-corrected chi connectivity index (χ1v) is 16.3. The molecule has 8 nitrogen and oxygen atoms in total. The number of carbonyl (C=O) groups is 1. The quantitative estimate of drug-likeness (QED) is 0.130. The smallest absolute Gasteiger partial charge is 0.316 e. The van der Waals surface area contributed by atoms with E-state index in [4.69, 9.17) is 19.9 Å². The maximum atomic E-state index is 11.2. The van der Waals surface area contributed by atoms with Crippen LogP contribution in [0.2, 0.25) is 0 Å². The number of hydrogen-bond acceptors (Lipinski definition) is 6. The van der Waals surface area contributed by atoms with Crippen molar-refractivity contribution in [2.45, 2.75) is 90.8 Å². The van der Waals surface area contributed by atoms with Crippen molar-refractivity contribution in [2.75, 3.05) is 31.6 Å². The van der Waals surface area contributed by atoms with Crippen molar-refractivity contribution < 1.29 is 24.1 Å². The Morgan fingerprint density at radius 1 is 0.978 bits per heavy atom. The van der Waals surface area contributed by atoms with Gasteiger partial charge in [-0.05, 0) is 92.1 Å². The molecule has 0 aliphatic carbocycles. The normalized spacial score (nSPS) is 14.5. The summed E-state index contributed by atoms with van der Waals surface area (Å²) < 4.78 is 17.6. The molecule has 244 valence electrons. The summed E-state index contributed by atoms with van der Waals surface area (Å²) in [7, 11) is 0. The van der Waals surface area contributed by atoms with Crippen LogP contribution in [-0.4, -0.2) is 48.1 Å². The van der Waals surface area contributed by atoms with Crippen molar-refractivity contribution in [3.63, 3.8) is 0 Å². The lowest BCUT2D eigenvalue weighted by Crippen LogP contribution is -2.35. The van der Waals surface area contributed by atoms with Gasteiger partial charge in [0.2, 0.25) is 5.79 Å². The van der Waals surface area contributed by atoms with E-state index in [1.54, 1.807) is 0 Å². The Morgan fingerprint density at radius 3 is 2.51 bits per heavy atom. The van der Waals surface area contributed by atoms with E-state index in [0.717, 1.165) is 99.4 Å². The lowest BCUT2D eigenvalue weighted by atomic mass is 10.0. The molecule has 4 rings (SSSR count). The van der Waals surface area contributed by atoms with Crippen LogP contribution in [0.1, 0.15) is 86.3 Å². The van der Waals surface area contributed by atoms with Gasteiger partial charge in [0.1, 0.15) is 5.75 Å². The van der Waals surface area contributed by atoms with Crippen LogP contribution in [0, 0.1) is 6.92 Å². The van der Waals surface area contributed by atoms with Gasteiger partial charge in [-0.25, -0.2) is 4.79 Å². The summed E-state index contributed by atoms with van der Waals surface area (Å²) in [6.45, 7) is 10.2. The summed E-state index contributed by atoms with van der Waals surface area (Å²) in [6.07, 6.45) is 6.77. The van der Waals surface area contributed by atoms with Crippen molar-refractivity contribution in [3.05, 3.63) is 94.5 Å². The Bertz CT molecular complexity index is 1350. The summed E-state index contributed by atoms with van der Waals surface area (Å²) >= 11 is 0. The van der Waals surface area contributed by atoms with Gasteiger partial charge in [-0.15, -0.1) is 0 Å². The largest absolute Gasteiger partial charge is 0.463 e. The summed E-state index contributed by atoms with van der Waals surface area (Å²) in [5, 5.41) is 13.9. The molecular weight excluding hydrogens is 566 g/mol. The molecule has 0 fully saturated rings. The molecule has 0 spiro atoms. The van der Waals surface area contributed by atoms with Gasteiger partial charge in [0, 0.05) is 51.4 Å². The fourth-order valence-electron chi connectivity index (χ4n) is 5.74. The van der Waals surface area contributed by atoms with Gasteiger partial charge in [0.25, 0.3) is 0 Å². The molecule has 0 saturated carbocycles. The third-order valence-electron chi connectivity index (χ3n) is 8.00. The summed E-state index contributed by atoms with van der Waals surface area (Å²) in [4.78, 5) is 13.5. The third-order valence-corrected chi connectivity index (χ3v) is 8.00. The number of aliphatic hydroxyl groups is 1. The number of anilines is 1. The van der Waals surface area contributed by atoms with Crippen LogP contribution in [0.5, 0.6) is 5.75 Å². The van der Waals surface area contributed by atoms with Gasteiger partial charge in [0.05, 0.1) is 12.7 Å². The van der Waals surface area contributed by atoms with Gasteiger partial charge in [0.15, 0.2) is 0 Å². The second-order valence-electron chi connectivity index (χ2n) is 12.6. The van der Waals surface area contributed by atoms with Gasteiger partial charge < -0.3 is 30.4 Å². The zero-order chi connectivity index (χ0) is 32.1. The second kappa shape index (κ2) is 17.3. The average Bonchev–Trinajstić information content (AvgIpc) is 2.99. The monoisotopic (exact) mass is 617 g/mol. The lowest BCUT2D eigenvalue weighted by molar-refractivity contribution is -0.180. The van der Waals surface area contributed by atoms with Gasteiger partial charge in [-0.1, -0.05) is 55.3 Å². The van der Waals surface area contributed by atoms with Gasteiger partial charge in [-0.2, -0.15) is 0 Å². The number of nitrogens with one attached hydrogen (secondary N) is 1. The van der Waals surface area contributed by atoms with Crippen molar-refractivity contribution in [3.8, 4) is 5.75 Å². The molecule has 8 heteroatoms. The summed E-state index contributed by atoms with van der Waals surface area (Å²) in [5.74, 6) is 0.191. The number of fused-ring (bicyclic) bond motifs is 1. The summed E-state index contributed by atoms with van der Waals surface area (Å²) in [5.41, 5.74) is 11.4. The molecule has 1 atom stereocenters. The standard InChI is InChI=1S/C37H51N3O5/c1-28-21-30(23-33(22-28)39-36(38)42)15-9-12-20-43-19-11-5-4-10-18-40(25-29-13-7-6-8-14-29)26-34(41)31-16-17-35-32(24-31)27-44-37(2,3)45-35/h6-8,13-14,16-17,21-24,34,41H,4-5,9-12,15,18-20,25-27H2,1-3H3,(H3,38,39,42)/t34-/m1/s1. The molecule has 1 aliphatic rings. The van der Waals surface area contributed by atoms with E-state index in [1.807, 2.05) is 57.2 Å². The van der Waals surface area contributed by atoms with Crippen molar-refractivity contribution in [2.24, 2.45) is 5.73 Å². The Morgan fingerprint density at radius 2 is 1.73 bits per heavy atom. The Hall–Kier alpha value is -3.43. The van der Waals surface area contributed by atoms with Crippen molar-refractivity contribution in [1.29, 1.82) is 0 Å². The van der Waals surface area contributed by atoms with E-state index in [2.05, 4.69) is 40.5 Å². The first-order valence-electron chi connectivity index (χ1n) is 16.3. The first-order chi connectivity index (χ1) is 21.7. The average molecular weight is 618 g/mol. The van der Waals surface area contributed by atoms with Gasteiger partial charge >= 0.3 is 6.03 Å². The highest BCUT2D eigenvalue weighted by Gasteiger charge is 2.28. The minimum atomic E-state index is -0.632. The Balaban J connectivity index is 1.13. The van der Waals surface area contributed by atoms with Crippen LogP contribution < -0.4 is 15.8 Å². The first kappa shape index (κ1) is 34.4. The van der Waals surface area contributed by atoms with Crippen LogP contribution in [0.15, 0.2) is 66.7 Å². The van der Waals surface area contributed by atoms with Crippen LogP contribution in [0.3, 0.4) is 0 Å². The zero-order valence-electron chi connectivity index (χ0n) is 27.2. The maximum absolute atomic E-state index is 11.2. The minimum absolute atomic E-state index is 0.478. The maximum Gasteiger partial charge on any atom is 0.316 e. The number of nitrogens with two attached hydrogens (primary N) is 1. The van der Waals surface area contributed by atoms with E-state index < -0.39 is 17.9 Å². The third kappa shape index (κ3) is 12.1. The van der Waals surface area contributed by atoms with Crippen molar-refractivity contribution >= 4 is 11.7 Å². The molecule has 4 N–H and O–H groups in total. The number of unbranched alkanes of at least 4 members (excludes halogenated alkanes) is 4. The number of rotatable bonds is 18. The van der Waals surface area contributed by atoms with Gasteiger partial charge in [-0.3, -0.25) is 4.90 Å². The molecule has 3 aromatic carbocycles. The lowest BCUT2D eigenvalue weighted by Gasteiger charge is -2.33. The van der Waals surface area contributed by atoms with Crippen molar-refractivity contribution in [1.82, 2.24) is 4.90 Å². The van der Waals surface area contributed by atoms with E-state index in [0.29, 0.717) is 13.2 Å². The van der Waals surface area contributed by atoms with E-state index in [-0.39, 0.29) is 0 Å². The summed E-state index contributed by atoms with van der Waals surface area (Å²) in [6, 6.07) is 21.9. The molecule has 0 radical (unpaired) electrons. The molecule has 45 heavy (non-hydrogen) atoms. The second-order valence-corrected chi connectivity index (χ2v) is 12.6. The molecule has 0 saturated heterocycles. The number of amides is 2. The predicted molar refractivity (Wildman–Crippen MR) is 179 cm³/mol. The number of nitrogens with zero attached hydrogens (tertiary/aromatic N) is 1. The van der Waals surface area contributed by atoms with Crippen LogP contribution in [0.25, 0.3) is 0 Å². The molecule has 1 heterocycles. The minimum Gasteiger partial charge on any atom is -0.463 e. The number of aliphatic hydroxyl groups excluding tert-OH is 1. The van der Waals surface area contributed by atoms with Crippen LogP contribution >= 0.6 is 0 Å². The number of primary amides is 1. The SMILES string of the molecule is Cc1cc(CCCCOCCCCCCN(Cc2ccccc2)C[C@@H](O)c2ccc3c(c2)COC(C)(C)O3)cc(NC(N)=O)c1. The van der Waals surface area contributed by atoms with E-state index in [9.17, 15) is 9.90 Å². The van der Waals surface area contributed by atoms with Crippen LogP contribution in [0.4, 0.5) is 10.5 Å². The van der Waals surface area contributed by atoms with Crippen LogP contribution in [-0.2, 0) is 29.0 Å². The molecule has 3 aromatic rings. The number of hydrogen-bond donors (Lipinski definition) is 3. The molecule has 0 unspecified atom stereocenters. The molecule has 1 aliphatic heterocycles. The number of aryl methyl sites for hydroxylation is 2. The van der Waals surface area contributed by atoms with E-state index >= 15 is 0 Å². The topological polar surface area (TPSA) is 106 Å². The number of urea groups is 1. The highest BCUT2D eigenvalue weighted by molar-refractivity contribution is 5.88. The van der Waals surface area contributed by atoms with E-state index in [1.165, 1.54) is 11.1 Å². The Labute approximate surface area is 268 Å². The number of benzene rings is 3. The molecule has 2 amide bonds. The highest BCUT2D eigenvalue weighted by Crippen LogP contribution is 2.33. The fourth-order valence-corrected chi connectivity index (χ4v) is 5.74.